The van der Waals surface area contributed by atoms with E-state index >= 15 is 0 Å². The molecular formula is C12H17N3O4. The number of aryl methyl sites for hydroxylation is 1. The van der Waals surface area contributed by atoms with E-state index in [2.05, 4.69) is 0 Å². The van der Waals surface area contributed by atoms with Crippen molar-refractivity contribution < 1.29 is 14.8 Å². The minimum absolute atomic E-state index is 0.0881. The molecule has 1 aromatic rings. The van der Waals surface area contributed by atoms with Crippen LogP contribution in [0.25, 0.3) is 0 Å². The maximum Gasteiger partial charge on any atom is 0.287 e. The van der Waals surface area contributed by atoms with Crippen LogP contribution in [-0.2, 0) is 7.05 Å². The van der Waals surface area contributed by atoms with Crippen LogP contribution in [0.4, 0.5) is 5.69 Å². The Labute approximate surface area is 110 Å². The van der Waals surface area contributed by atoms with Crippen LogP contribution in [0, 0.1) is 10.1 Å². The van der Waals surface area contributed by atoms with Crippen LogP contribution in [0.3, 0.4) is 0 Å². The van der Waals surface area contributed by atoms with Gasteiger partial charge in [0.15, 0.2) is 0 Å². The number of hydrogen-bond acceptors (Lipinski definition) is 4. The first kappa shape index (κ1) is 13.5. The van der Waals surface area contributed by atoms with Crippen LogP contribution in [0.15, 0.2) is 12.3 Å². The van der Waals surface area contributed by atoms with E-state index in [0.717, 1.165) is 0 Å². The van der Waals surface area contributed by atoms with Gasteiger partial charge in [-0.1, -0.05) is 0 Å². The van der Waals surface area contributed by atoms with Crippen molar-refractivity contribution in [3.63, 3.8) is 0 Å². The highest BCUT2D eigenvalue weighted by Gasteiger charge is 2.31. The summed E-state index contributed by atoms with van der Waals surface area (Å²) in [5, 5.41) is 20.5. The first-order valence-corrected chi connectivity index (χ1v) is 6.12. The second-order valence-corrected chi connectivity index (χ2v) is 5.24. The summed E-state index contributed by atoms with van der Waals surface area (Å²) in [6, 6.07) is 1.29. The number of likely N-dealkylation sites (tertiary alicyclic amines) is 1. The summed E-state index contributed by atoms with van der Waals surface area (Å²) in [7, 11) is 1.61. The predicted octanol–water partition coefficient (Wildman–Crippen LogP) is 0.920. The first-order chi connectivity index (χ1) is 8.80. The molecule has 1 N–H and O–H groups in total. The molecule has 1 aliphatic heterocycles. The molecular weight excluding hydrogens is 250 g/mol. The number of rotatable bonds is 2. The number of piperidine rings is 1. The van der Waals surface area contributed by atoms with E-state index in [1.807, 2.05) is 0 Å². The number of nitro groups is 1. The highest BCUT2D eigenvalue weighted by atomic mass is 16.6. The van der Waals surface area contributed by atoms with Gasteiger partial charge in [0.1, 0.15) is 5.69 Å². The Morgan fingerprint density at radius 2 is 2.05 bits per heavy atom. The molecule has 0 spiro atoms. The van der Waals surface area contributed by atoms with Crippen LogP contribution in [-0.4, -0.2) is 44.1 Å². The van der Waals surface area contributed by atoms with Crippen molar-refractivity contribution in [1.29, 1.82) is 0 Å². The van der Waals surface area contributed by atoms with Gasteiger partial charge in [-0.3, -0.25) is 14.9 Å². The normalized spacial score (nSPS) is 18.4. The van der Waals surface area contributed by atoms with Gasteiger partial charge < -0.3 is 14.6 Å². The predicted molar refractivity (Wildman–Crippen MR) is 67.8 cm³/mol. The van der Waals surface area contributed by atoms with Crippen molar-refractivity contribution in [3.05, 3.63) is 28.1 Å². The van der Waals surface area contributed by atoms with Gasteiger partial charge in [-0.05, 0) is 19.8 Å². The second-order valence-electron chi connectivity index (χ2n) is 5.24. The van der Waals surface area contributed by atoms with E-state index in [-0.39, 0.29) is 11.6 Å². The van der Waals surface area contributed by atoms with E-state index in [1.54, 1.807) is 18.9 Å². The lowest BCUT2D eigenvalue weighted by atomic mass is 9.94. The number of aliphatic hydroxyl groups is 1. The molecule has 1 fully saturated rings. The highest BCUT2D eigenvalue weighted by Crippen LogP contribution is 2.23. The highest BCUT2D eigenvalue weighted by molar-refractivity contribution is 5.93. The average molecular weight is 267 g/mol. The summed E-state index contributed by atoms with van der Waals surface area (Å²) in [5.41, 5.74) is -0.514. The summed E-state index contributed by atoms with van der Waals surface area (Å²) < 4.78 is 1.47. The molecule has 19 heavy (non-hydrogen) atoms. The van der Waals surface area contributed by atoms with Crippen LogP contribution < -0.4 is 0 Å². The van der Waals surface area contributed by atoms with Crippen molar-refractivity contribution in [2.24, 2.45) is 7.05 Å². The number of nitrogens with zero attached hydrogens (tertiary/aromatic N) is 3. The number of amides is 1. The molecule has 7 heteroatoms. The van der Waals surface area contributed by atoms with E-state index in [9.17, 15) is 20.0 Å². The Morgan fingerprint density at radius 3 is 2.53 bits per heavy atom. The van der Waals surface area contributed by atoms with E-state index in [0.29, 0.717) is 31.6 Å². The summed E-state index contributed by atoms with van der Waals surface area (Å²) in [5.74, 6) is -0.230. The van der Waals surface area contributed by atoms with E-state index in [1.165, 1.54) is 16.8 Å². The lowest BCUT2D eigenvalue weighted by Gasteiger charge is -2.35. The van der Waals surface area contributed by atoms with Crippen LogP contribution in [0.2, 0.25) is 0 Å². The molecule has 7 nitrogen and oxygen atoms in total. The SMILES string of the molecule is Cn1cc([N+](=O)[O-])cc1C(=O)N1CCC(C)(O)CC1. The molecule has 2 heterocycles. The fourth-order valence-corrected chi connectivity index (χ4v) is 2.21. The molecule has 1 aromatic heterocycles. The summed E-state index contributed by atoms with van der Waals surface area (Å²) in [4.78, 5) is 24.1. The molecule has 0 atom stereocenters. The average Bonchev–Trinajstić information content (AvgIpc) is 2.70. The van der Waals surface area contributed by atoms with Gasteiger partial charge in [0.2, 0.25) is 0 Å². The summed E-state index contributed by atoms with van der Waals surface area (Å²) in [6.07, 6.45) is 2.36. The Kier molecular flexibility index (Phi) is 3.32. The fourth-order valence-electron chi connectivity index (χ4n) is 2.21. The van der Waals surface area contributed by atoms with Crippen molar-refractivity contribution in [3.8, 4) is 0 Å². The van der Waals surface area contributed by atoms with Gasteiger partial charge in [0.05, 0.1) is 16.7 Å². The lowest BCUT2D eigenvalue weighted by molar-refractivity contribution is -0.384. The van der Waals surface area contributed by atoms with Crippen molar-refractivity contribution in [2.45, 2.75) is 25.4 Å². The second kappa shape index (κ2) is 4.65. The molecule has 0 radical (unpaired) electrons. The fraction of sp³-hybridized carbons (Fsp3) is 0.583. The Morgan fingerprint density at radius 1 is 1.47 bits per heavy atom. The quantitative estimate of drug-likeness (QED) is 0.637. The third-order valence-corrected chi connectivity index (χ3v) is 3.55. The van der Waals surface area contributed by atoms with Crippen LogP contribution in [0.5, 0.6) is 0 Å². The molecule has 0 aliphatic carbocycles. The minimum atomic E-state index is -0.725. The molecule has 2 rings (SSSR count). The molecule has 0 aromatic carbocycles. The molecule has 1 amide bonds. The number of carbonyl (C=O) groups excluding carboxylic acids is 1. The van der Waals surface area contributed by atoms with Crippen LogP contribution >= 0.6 is 0 Å². The van der Waals surface area contributed by atoms with Crippen molar-refractivity contribution in [1.82, 2.24) is 9.47 Å². The monoisotopic (exact) mass is 267 g/mol. The Balaban J connectivity index is 2.14. The van der Waals surface area contributed by atoms with Gasteiger partial charge in [0, 0.05) is 26.2 Å². The standard InChI is InChI=1S/C12H17N3O4/c1-12(17)3-5-14(6-4-12)11(16)10-7-9(15(18)19)8-13(10)2/h7-8,17H,3-6H2,1-2H3. The van der Waals surface area contributed by atoms with Gasteiger partial charge in [-0.15, -0.1) is 0 Å². The first-order valence-electron chi connectivity index (χ1n) is 6.12. The third kappa shape index (κ3) is 2.76. The zero-order valence-electron chi connectivity index (χ0n) is 11.0. The van der Waals surface area contributed by atoms with Gasteiger partial charge >= 0.3 is 0 Å². The summed E-state index contributed by atoms with van der Waals surface area (Å²) >= 11 is 0. The largest absolute Gasteiger partial charge is 0.390 e. The third-order valence-electron chi connectivity index (χ3n) is 3.55. The maximum atomic E-state index is 12.3. The molecule has 0 bridgehead atoms. The smallest absolute Gasteiger partial charge is 0.287 e. The number of carbonyl (C=O) groups is 1. The minimum Gasteiger partial charge on any atom is -0.390 e. The summed E-state index contributed by atoms with van der Waals surface area (Å²) in [6.45, 7) is 2.68. The Hall–Kier alpha value is -1.89. The topological polar surface area (TPSA) is 88.6 Å². The van der Waals surface area contributed by atoms with E-state index < -0.39 is 10.5 Å². The maximum absolute atomic E-state index is 12.3. The molecule has 104 valence electrons. The van der Waals surface area contributed by atoms with Gasteiger partial charge in [-0.2, -0.15) is 0 Å². The van der Waals surface area contributed by atoms with E-state index in [4.69, 9.17) is 0 Å². The van der Waals surface area contributed by atoms with Gasteiger partial charge in [-0.25, -0.2) is 0 Å². The van der Waals surface area contributed by atoms with Crippen molar-refractivity contribution >= 4 is 11.6 Å². The zero-order valence-corrected chi connectivity index (χ0v) is 11.0. The molecule has 0 unspecified atom stereocenters. The number of hydrogen-bond donors (Lipinski definition) is 1. The zero-order chi connectivity index (χ0) is 14.2. The lowest BCUT2D eigenvalue weighted by Crippen LogP contribution is -2.45. The van der Waals surface area contributed by atoms with Crippen LogP contribution in [0.1, 0.15) is 30.3 Å². The molecule has 1 saturated heterocycles. The Bertz CT molecular complexity index is 511. The van der Waals surface area contributed by atoms with Crippen molar-refractivity contribution in [2.75, 3.05) is 13.1 Å². The molecule has 0 saturated carbocycles. The van der Waals surface area contributed by atoms with Gasteiger partial charge in [0.25, 0.3) is 11.6 Å². The number of aromatic nitrogens is 1. The molecule has 1 aliphatic rings.